The third-order valence-corrected chi connectivity index (χ3v) is 3.97. The number of rotatable bonds is 7. The quantitative estimate of drug-likeness (QED) is 0.654. The molecule has 0 bridgehead atoms. The first-order chi connectivity index (χ1) is 9.04. The van der Waals surface area contributed by atoms with Crippen molar-refractivity contribution in [2.24, 2.45) is 17.6 Å². The molecule has 1 aliphatic rings. The maximum atomic E-state index is 11.7. The van der Waals surface area contributed by atoms with Crippen molar-refractivity contribution in [2.75, 3.05) is 6.54 Å². The molecule has 0 heterocycles. The van der Waals surface area contributed by atoms with Crippen molar-refractivity contribution < 1.29 is 14.7 Å². The van der Waals surface area contributed by atoms with Gasteiger partial charge in [0.15, 0.2) is 0 Å². The molecule has 0 aromatic heterocycles. The van der Waals surface area contributed by atoms with Crippen LogP contribution in [-0.2, 0) is 9.59 Å². The average molecular weight is 270 g/mol. The standard InChI is InChI=1S/C14H26N2O3/c1-2-3-4-12(15)13(17)16-9-10-5-7-11(8-6-10)14(18)19/h10-12H,2-9,15H2,1H3,(H,16,17)(H,18,19)/t10?,11?,12-/m0/s1. The maximum Gasteiger partial charge on any atom is 0.306 e. The summed E-state index contributed by atoms with van der Waals surface area (Å²) in [7, 11) is 0. The monoisotopic (exact) mass is 270 g/mol. The Bertz CT molecular complexity index is 299. The van der Waals surface area contributed by atoms with E-state index in [1.807, 2.05) is 0 Å². The molecule has 5 heteroatoms. The lowest BCUT2D eigenvalue weighted by atomic mass is 9.82. The molecular formula is C14H26N2O3. The van der Waals surface area contributed by atoms with Gasteiger partial charge in [-0.1, -0.05) is 19.8 Å². The Morgan fingerprint density at radius 3 is 2.47 bits per heavy atom. The van der Waals surface area contributed by atoms with Gasteiger partial charge in [0.1, 0.15) is 0 Å². The van der Waals surface area contributed by atoms with Gasteiger partial charge in [-0.3, -0.25) is 9.59 Å². The third kappa shape index (κ3) is 5.59. The van der Waals surface area contributed by atoms with Gasteiger partial charge >= 0.3 is 5.97 Å². The van der Waals surface area contributed by atoms with Crippen LogP contribution in [0.2, 0.25) is 0 Å². The van der Waals surface area contributed by atoms with Crippen molar-refractivity contribution in [3.8, 4) is 0 Å². The molecule has 1 amide bonds. The topological polar surface area (TPSA) is 92.4 Å². The number of carbonyl (C=O) groups excluding carboxylic acids is 1. The summed E-state index contributed by atoms with van der Waals surface area (Å²) in [5, 5.41) is 11.8. The van der Waals surface area contributed by atoms with Gasteiger partial charge in [0.2, 0.25) is 5.91 Å². The molecule has 0 aromatic rings. The van der Waals surface area contributed by atoms with Crippen molar-refractivity contribution in [2.45, 2.75) is 57.9 Å². The van der Waals surface area contributed by atoms with E-state index in [4.69, 9.17) is 10.8 Å². The summed E-state index contributed by atoms with van der Waals surface area (Å²) in [5.41, 5.74) is 5.79. The second-order valence-corrected chi connectivity index (χ2v) is 5.55. The number of carboxylic acids is 1. The van der Waals surface area contributed by atoms with Crippen LogP contribution < -0.4 is 11.1 Å². The number of nitrogens with two attached hydrogens (primary N) is 1. The number of amides is 1. The first-order valence-corrected chi connectivity index (χ1v) is 7.30. The summed E-state index contributed by atoms with van der Waals surface area (Å²) in [6.07, 6.45) is 5.94. The SMILES string of the molecule is CCCC[C@H](N)C(=O)NCC1CCC(C(=O)O)CC1. The molecule has 0 spiro atoms. The van der Waals surface area contributed by atoms with E-state index >= 15 is 0 Å². The van der Waals surface area contributed by atoms with Crippen molar-refractivity contribution >= 4 is 11.9 Å². The molecule has 1 saturated carbocycles. The van der Waals surface area contributed by atoms with Gasteiger partial charge in [0, 0.05) is 6.54 Å². The molecule has 1 atom stereocenters. The highest BCUT2D eigenvalue weighted by Gasteiger charge is 2.26. The molecule has 0 aromatic carbocycles. The van der Waals surface area contributed by atoms with Crippen LogP contribution >= 0.6 is 0 Å². The molecule has 1 aliphatic carbocycles. The van der Waals surface area contributed by atoms with Crippen molar-refractivity contribution in [1.82, 2.24) is 5.32 Å². The highest BCUT2D eigenvalue weighted by Crippen LogP contribution is 2.28. The van der Waals surface area contributed by atoms with Crippen LogP contribution in [0.3, 0.4) is 0 Å². The van der Waals surface area contributed by atoms with E-state index in [0.717, 1.165) is 44.9 Å². The van der Waals surface area contributed by atoms with Crippen LogP contribution in [0.1, 0.15) is 51.9 Å². The largest absolute Gasteiger partial charge is 0.481 e. The fourth-order valence-electron chi connectivity index (χ4n) is 2.54. The summed E-state index contributed by atoms with van der Waals surface area (Å²) in [6.45, 7) is 2.70. The van der Waals surface area contributed by atoms with Gasteiger partial charge in [-0.15, -0.1) is 0 Å². The van der Waals surface area contributed by atoms with Gasteiger partial charge in [0.05, 0.1) is 12.0 Å². The van der Waals surface area contributed by atoms with E-state index in [9.17, 15) is 9.59 Å². The number of unbranched alkanes of at least 4 members (excludes halogenated alkanes) is 1. The minimum absolute atomic E-state index is 0.0752. The molecule has 4 N–H and O–H groups in total. The third-order valence-electron chi connectivity index (χ3n) is 3.97. The van der Waals surface area contributed by atoms with E-state index in [2.05, 4.69) is 12.2 Å². The number of aliphatic carboxylic acids is 1. The number of carbonyl (C=O) groups is 2. The molecule has 0 saturated heterocycles. The van der Waals surface area contributed by atoms with E-state index in [1.165, 1.54) is 0 Å². The number of carboxylic acid groups (broad SMARTS) is 1. The second-order valence-electron chi connectivity index (χ2n) is 5.55. The minimum Gasteiger partial charge on any atom is -0.481 e. The second kappa shape index (κ2) is 8.15. The van der Waals surface area contributed by atoms with E-state index in [-0.39, 0.29) is 11.8 Å². The summed E-state index contributed by atoms with van der Waals surface area (Å²) in [5.74, 6) is -0.561. The fraction of sp³-hybridized carbons (Fsp3) is 0.857. The van der Waals surface area contributed by atoms with Gasteiger partial charge < -0.3 is 16.2 Å². The van der Waals surface area contributed by atoms with Crippen LogP contribution in [0.15, 0.2) is 0 Å². The molecule has 0 aliphatic heterocycles. The lowest BCUT2D eigenvalue weighted by Crippen LogP contribution is -2.42. The Kier molecular flexibility index (Phi) is 6.84. The highest BCUT2D eigenvalue weighted by atomic mass is 16.4. The average Bonchev–Trinajstić information content (AvgIpc) is 2.42. The molecule has 110 valence electrons. The van der Waals surface area contributed by atoms with Gasteiger partial charge in [-0.25, -0.2) is 0 Å². The zero-order chi connectivity index (χ0) is 14.3. The molecule has 0 radical (unpaired) electrons. The van der Waals surface area contributed by atoms with Crippen LogP contribution in [0, 0.1) is 11.8 Å². The normalized spacial score (nSPS) is 24.7. The first kappa shape index (κ1) is 16.0. The van der Waals surface area contributed by atoms with Crippen molar-refractivity contribution in [3.05, 3.63) is 0 Å². The summed E-state index contributed by atoms with van der Waals surface area (Å²) < 4.78 is 0. The van der Waals surface area contributed by atoms with Gasteiger partial charge in [-0.2, -0.15) is 0 Å². The Labute approximate surface area is 114 Å². The Hall–Kier alpha value is -1.10. The van der Waals surface area contributed by atoms with Crippen LogP contribution in [-0.4, -0.2) is 29.6 Å². The molecular weight excluding hydrogens is 244 g/mol. The number of nitrogens with one attached hydrogen (secondary N) is 1. The summed E-state index contributed by atoms with van der Waals surface area (Å²) >= 11 is 0. The first-order valence-electron chi connectivity index (χ1n) is 7.30. The highest BCUT2D eigenvalue weighted by molar-refractivity contribution is 5.81. The zero-order valence-corrected chi connectivity index (χ0v) is 11.7. The van der Waals surface area contributed by atoms with Crippen molar-refractivity contribution in [3.63, 3.8) is 0 Å². The summed E-state index contributed by atoms with van der Waals surface area (Å²) in [6, 6.07) is -0.407. The van der Waals surface area contributed by atoms with E-state index in [1.54, 1.807) is 0 Å². The Morgan fingerprint density at radius 1 is 1.32 bits per heavy atom. The predicted octanol–water partition coefficient (Wildman–Crippen LogP) is 1.51. The summed E-state index contributed by atoms with van der Waals surface area (Å²) in [4.78, 5) is 22.6. The van der Waals surface area contributed by atoms with Crippen LogP contribution in [0.25, 0.3) is 0 Å². The van der Waals surface area contributed by atoms with Crippen LogP contribution in [0.4, 0.5) is 0 Å². The van der Waals surface area contributed by atoms with Crippen LogP contribution in [0.5, 0.6) is 0 Å². The molecule has 0 unspecified atom stereocenters. The van der Waals surface area contributed by atoms with E-state index in [0.29, 0.717) is 12.5 Å². The Balaban J connectivity index is 2.19. The van der Waals surface area contributed by atoms with Crippen molar-refractivity contribution in [1.29, 1.82) is 0 Å². The molecule has 1 rings (SSSR count). The number of hydrogen-bond donors (Lipinski definition) is 3. The van der Waals surface area contributed by atoms with Gasteiger partial charge in [-0.05, 0) is 38.0 Å². The lowest BCUT2D eigenvalue weighted by molar-refractivity contribution is -0.143. The Morgan fingerprint density at radius 2 is 1.95 bits per heavy atom. The maximum absolute atomic E-state index is 11.7. The van der Waals surface area contributed by atoms with Gasteiger partial charge in [0.25, 0.3) is 0 Å². The predicted molar refractivity (Wildman–Crippen MR) is 73.6 cm³/mol. The smallest absolute Gasteiger partial charge is 0.306 e. The number of hydrogen-bond acceptors (Lipinski definition) is 3. The molecule has 5 nitrogen and oxygen atoms in total. The molecule has 19 heavy (non-hydrogen) atoms. The zero-order valence-electron chi connectivity index (χ0n) is 11.7. The fourth-order valence-corrected chi connectivity index (χ4v) is 2.54. The molecule has 1 fully saturated rings. The van der Waals surface area contributed by atoms with E-state index < -0.39 is 12.0 Å². The minimum atomic E-state index is -0.691. The lowest BCUT2D eigenvalue weighted by Gasteiger charge is -2.26.